The fourth-order valence-electron chi connectivity index (χ4n) is 4.06. The first kappa shape index (κ1) is 18.9. The standard InChI is InChI=1S/C19H28N6O3/c1-20-18-22-15-6-9-25(19(27)21-11-13-5-4-10-28-13)12-14(15)16(23-18)17(26)24-7-2-3-8-24/h13H,2-12H2,1H3,(H,21,27)(H,20,22,23). The molecule has 9 heteroatoms. The summed E-state index contributed by atoms with van der Waals surface area (Å²) in [6.07, 6.45) is 4.80. The molecular weight excluding hydrogens is 360 g/mol. The summed E-state index contributed by atoms with van der Waals surface area (Å²) in [6.45, 7) is 3.74. The molecule has 2 N–H and O–H groups in total. The van der Waals surface area contributed by atoms with Gasteiger partial charge in [-0.1, -0.05) is 0 Å². The summed E-state index contributed by atoms with van der Waals surface area (Å²) in [5.74, 6) is 0.395. The predicted molar refractivity (Wildman–Crippen MR) is 103 cm³/mol. The zero-order valence-electron chi connectivity index (χ0n) is 16.4. The molecule has 4 rings (SSSR count). The molecule has 152 valence electrons. The number of ether oxygens (including phenoxy) is 1. The highest BCUT2D eigenvalue weighted by Gasteiger charge is 2.31. The highest BCUT2D eigenvalue weighted by Crippen LogP contribution is 2.24. The molecule has 2 fully saturated rings. The fraction of sp³-hybridized carbons (Fsp3) is 0.684. The monoisotopic (exact) mass is 388 g/mol. The highest BCUT2D eigenvalue weighted by molar-refractivity contribution is 5.94. The van der Waals surface area contributed by atoms with Crippen LogP contribution in [0.25, 0.3) is 0 Å². The van der Waals surface area contributed by atoms with E-state index < -0.39 is 0 Å². The summed E-state index contributed by atoms with van der Waals surface area (Å²) in [4.78, 5) is 38.2. The van der Waals surface area contributed by atoms with Crippen LogP contribution in [0.4, 0.5) is 10.7 Å². The van der Waals surface area contributed by atoms with Gasteiger partial charge in [0.2, 0.25) is 5.95 Å². The zero-order chi connectivity index (χ0) is 19.5. The molecule has 0 saturated carbocycles. The topological polar surface area (TPSA) is 99.7 Å². The second-order valence-corrected chi connectivity index (χ2v) is 7.56. The molecule has 0 aliphatic carbocycles. The summed E-state index contributed by atoms with van der Waals surface area (Å²) in [7, 11) is 1.75. The van der Waals surface area contributed by atoms with Crippen LogP contribution in [-0.2, 0) is 17.7 Å². The Morgan fingerprint density at radius 3 is 2.68 bits per heavy atom. The van der Waals surface area contributed by atoms with E-state index in [4.69, 9.17) is 4.74 Å². The maximum Gasteiger partial charge on any atom is 0.317 e. The summed E-state index contributed by atoms with van der Waals surface area (Å²) in [5, 5.41) is 5.91. The lowest BCUT2D eigenvalue weighted by molar-refractivity contribution is 0.0783. The molecule has 0 bridgehead atoms. The number of likely N-dealkylation sites (tertiary alicyclic amines) is 1. The average Bonchev–Trinajstić information content (AvgIpc) is 3.44. The molecule has 0 spiro atoms. The number of carbonyl (C=O) groups excluding carboxylic acids is 2. The predicted octanol–water partition coefficient (Wildman–Crippen LogP) is 1.00. The van der Waals surface area contributed by atoms with Crippen molar-refractivity contribution in [2.45, 2.75) is 44.8 Å². The molecule has 28 heavy (non-hydrogen) atoms. The lowest BCUT2D eigenvalue weighted by Gasteiger charge is -2.30. The van der Waals surface area contributed by atoms with Gasteiger partial charge in [0.05, 0.1) is 18.3 Å². The summed E-state index contributed by atoms with van der Waals surface area (Å²) in [5.41, 5.74) is 2.05. The van der Waals surface area contributed by atoms with Crippen LogP contribution in [0, 0.1) is 0 Å². The largest absolute Gasteiger partial charge is 0.376 e. The summed E-state index contributed by atoms with van der Waals surface area (Å²) >= 11 is 0. The Morgan fingerprint density at radius 1 is 1.14 bits per heavy atom. The number of carbonyl (C=O) groups is 2. The molecule has 1 aromatic rings. The van der Waals surface area contributed by atoms with Gasteiger partial charge in [0.25, 0.3) is 5.91 Å². The molecule has 3 aliphatic rings. The minimum absolute atomic E-state index is 0.0609. The van der Waals surface area contributed by atoms with Crippen LogP contribution in [-0.4, -0.2) is 77.6 Å². The van der Waals surface area contributed by atoms with Crippen molar-refractivity contribution in [3.05, 3.63) is 17.0 Å². The number of rotatable bonds is 4. The first-order valence-corrected chi connectivity index (χ1v) is 10.2. The van der Waals surface area contributed by atoms with Gasteiger partial charge < -0.3 is 25.2 Å². The second kappa shape index (κ2) is 8.30. The quantitative estimate of drug-likeness (QED) is 0.798. The van der Waals surface area contributed by atoms with Gasteiger partial charge in [0, 0.05) is 51.8 Å². The Labute approximate surface area is 164 Å². The van der Waals surface area contributed by atoms with E-state index >= 15 is 0 Å². The molecule has 1 unspecified atom stereocenters. The van der Waals surface area contributed by atoms with Crippen LogP contribution >= 0.6 is 0 Å². The Kier molecular flexibility index (Phi) is 5.61. The van der Waals surface area contributed by atoms with Gasteiger partial charge in [-0.3, -0.25) is 4.79 Å². The normalized spacial score (nSPS) is 21.5. The van der Waals surface area contributed by atoms with E-state index in [-0.39, 0.29) is 18.0 Å². The van der Waals surface area contributed by atoms with Crippen molar-refractivity contribution in [1.82, 2.24) is 25.1 Å². The van der Waals surface area contributed by atoms with Crippen LogP contribution in [0.2, 0.25) is 0 Å². The number of hydrogen-bond donors (Lipinski definition) is 2. The summed E-state index contributed by atoms with van der Waals surface area (Å²) < 4.78 is 5.57. The molecule has 4 heterocycles. The van der Waals surface area contributed by atoms with Crippen molar-refractivity contribution < 1.29 is 14.3 Å². The van der Waals surface area contributed by atoms with Crippen molar-refractivity contribution in [1.29, 1.82) is 0 Å². The van der Waals surface area contributed by atoms with Gasteiger partial charge in [-0.25, -0.2) is 14.8 Å². The molecule has 3 amide bonds. The van der Waals surface area contributed by atoms with E-state index in [1.54, 1.807) is 11.9 Å². The number of anilines is 1. The lowest BCUT2D eigenvalue weighted by Crippen LogP contribution is -2.46. The van der Waals surface area contributed by atoms with Crippen LogP contribution in [0.15, 0.2) is 0 Å². The minimum Gasteiger partial charge on any atom is -0.376 e. The third kappa shape index (κ3) is 3.89. The van der Waals surface area contributed by atoms with E-state index in [1.165, 1.54) is 0 Å². The maximum absolute atomic E-state index is 13.0. The van der Waals surface area contributed by atoms with E-state index in [1.807, 2.05) is 4.90 Å². The molecule has 1 aromatic heterocycles. The van der Waals surface area contributed by atoms with Gasteiger partial charge in [0.1, 0.15) is 5.69 Å². The Balaban J connectivity index is 1.50. The maximum atomic E-state index is 13.0. The Hall–Kier alpha value is -2.42. The molecule has 9 nitrogen and oxygen atoms in total. The minimum atomic E-state index is -0.126. The Morgan fingerprint density at radius 2 is 1.96 bits per heavy atom. The SMILES string of the molecule is CNc1nc2c(c(C(=O)N3CCCC3)n1)CN(C(=O)NCC1CCCO1)CC2. The van der Waals surface area contributed by atoms with Gasteiger partial charge in [-0.2, -0.15) is 0 Å². The van der Waals surface area contributed by atoms with Crippen LogP contribution in [0.5, 0.6) is 0 Å². The zero-order valence-corrected chi connectivity index (χ0v) is 16.4. The molecule has 3 aliphatic heterocycles. The van der Waals surface area contributed by atoms with E-state index in [0.29, 0.717) is 37.7 Å². The first-order chi connectivity index (χ1) is 13.7. The van der Waals surface area contributed by atoms with Crippen LogP contribution < -0.4 is 10.6 Å². The van der Waals surface area contributed by atoms with Crippen LogP contribution in [0.1, 0.15) is 47.4 Å². The first-order valence-electron chi connectivity index (χ1n) is 10.2. The molecule has 0 aromatic carbocycles. The van der Waals surface area contributed by atoms with Gasteiger partial charge >= 0.3 is 6.03 Å². The molecular formula is C19H28N6O3. The van der Waals surface area contributed by atoms with E-state index in [9.17, 15) is 9.59 Å². The second-order valence-electron chi connectivity index (χ2n) is 7.56. The van der Waals surface area contributed by atoms with Crippen LogP contribution in [0.3, 0.4) is 0 Å². The van der Waals surface area contributed by atoms with E-state index in [2.05, 4.69) is 20.6 Å². The fourth-order valence-corrected chi connectivity index (χ4v) is 4.06. The number of aromatic nitrogens is 2. The molecule has 0 radical (unpaired) electrons. The molecule has 1 atom stereocenters. The number of fused-ring (bicyclic) bond motifs is 1. The number of hydrogen-bond acceptors (Lipinski definition) is 6. The third-order valence-electron chi connectivity index (χ3n) is 5.67. The van der Waals surface area contributed by atoms with Crippen molar-refractivity contribution in [2.75, 3.05) is 45.2 Å². The smallest absolute Gasteiger partial charge is 0.317 e. The Bertz CT molecular complexity index is 743. The highest BCUT2D eigenvalue weighted by atomic mass is 16.5. The average molecular weight is 388 g/mol. The number of urea groups is 1. The van der Waals surface area contributed by atoms with Crippen molar-refractivity contribution in [3.63, 3.8) is 0 Å². The van der Waals surface area contributed by atoms with Gasteiger partial charge in [-0.05, 0) is 25.7 Å². The van der Waals surface area contributed by atoms with Crippen molar-refractivity contribution in [2.24, 2.45) is 0 Å². The van der Waals surface area contributed by atoms with Crippen molar-refractivity contribution in [3.8, 4) is 0 Å². The summed E-state index contributed by atoms with van der Waals surface area (Å²) in [6, 6.07) is -0.126. The van der Waals surface area contributed by atoms with Crippen molar-refractivity contribution >= 4 is 17.9 Å². The molecule has 2 saturated heterocycles. The number of nitrogens with one attached hydrogen (secondary N) is 2. The van der Waals surface area contributed by atoms with Gasteiger partial charge in [-0.15, -0.1) is 0 Å². The van der Waals surface area contributed by atoms with E-state index in [0.717, 1.165) is 56.6 Å². The third-order valence-corrected chi connectivity index (χ3v) is 5.67. The lowest BCUT2D eigenvalue weighted by atomic mass is 10.0. The van der Waals surface area contributed by atoms with Gasteiger partial charge in [0.15, 0.2) is 0 Å². The number of amides is 3. The number of nitrogens with zero attached hydrogens (tertiary/aromatic N) is 4.